The molecule has 140 valence electrons. The fourth-order valence-corrected chi connectivity index (χ4v) is 4.74. The van der Waals surface area contributed by atoms with Crippen LogP contribution in [0.4, 0.5) is 0 Å². The Bertz CT molecular complexity index is 683. The zero-order valence-electron chi connectivity index (χ0n) is 13.9. The van der Waals surface area contributed by atoms with Crippen LogP contribution in [0.3, 0.4) is 0 Å². The summed E-state index contributed by atoms with van der Waals surface area (Å²) in [6.07, 6.45) is 3.04. The maximum Gasteiger partial charge on any atom is 0.243 e. The van der Waals surface area contributed by atoms with Gasteiger partial charge < -0.3 is 10.2 Å². The average molecular weight is 408 g/mol. The van der Waals surface area contributed by atoms with E-state index in [1.807, 2.05) is 0 Å². The van der Waals surface area contributed by atoms with Gasteiger partial charge in [0.25, 0.3) is 0 Å². The van der Waals surface area contributed by atoms with Crippen molar-refractivity contribution in [3.8, 4) is 0 Å². The molecule has 3 rings (SSSR count). The number of piperazine rings is 1. The van der Waals surface area contributed by atoms with Gasteiger partial charge in [0, 0.05) is 31.2 Å². The first kappa shape index (κ1) is 20.5. The second kappa shape index (κ2) is 8.68. The average Bonchev–Trinajstić information content (AvgIpc) is 2.62. The largest absolute Gasteiger partial charge is 0.339 e. The number of sulfonamides is 1. The molecule has 1 amide bonds. The summed E-state index contributed by atoms with van der Waals surface area (Å²) in [5.41, 5.74) is 0. The third kappa shape index (κ3) is 4.65. The molecule has 6 nitrogen and oxygen atoms in total. The molecule has 0 aliphatic carbocycles. The van der Waals surface area contributed by atoms with Crippen LogP contribution < -0.4 is 5.32 Å². The van der Waals surface area contributed by atoms with Gasteiger partial charge in [-0.3, -0.25) is 4.79 Å². The highest BCUT2D eigenvalue weighted by Gasteiger charge is 2.32. The Kier molecular flexibility index (Phi) is 7.10. The number of nitrogens with one attached hydrogen (secondary N) is 1. The predicted molar refractivity (Wildman–Crippen MR) is 99.7 cm³/mol. The van der Waals surface area contributed by atoms with E-state index in [-0.39, 0.29) is 29.3 Å². The summed E-state index contributed by atoms with van der Waals surface area (Å²) in [7, 11) is -3.53. The van der Waals surface area contributed by atoms with Crippen LogP contribution in [0.2, 0.25) is 5.02 Å². The van der Waals surface area contributed by atoms with Crippen LogP contribution in [0.1, 0.15) is 19.3 Å². The monoisotopic (exact) mass is 407 g/mol. The van der Waals surface area contributed by atoms with Gasteiger partial charge in [-0.25, -0.2) is 8.42 Å². The molecular formula is C16H23Cl2N3O3S. The maximum absolute atomic E-state index is 12.6. The lowest BCUT2D eigenvalue weighted by molar-refractivity contribution is -0.135. The van der Waals surface area contributed by atoms with E-state index < -0.39 is 10.0 Å². The quantitative estimate of drug-likeness (QED) is 0.827. The third-order valence-corrected chi connectivity index (χ3v) is 6.77. The zero-order valence-corrected chi connectivity index (χ0v) is 16.2. The first-order valence-corrected chi connectivity index (χ1v) is 10.1. The third-order valence-electron chi connectivity index (χ3n) is 4.61. The molecule has 0 bridgehead atoms. The number of hydrogen-bond donors (Lipinski definition) is 1. The number of nitrogens with zero attached hydrogens (tertiary/aromatic N) is 2. The van der Waals surface area contributed by atoms with Crippen molar-refractivity contribution in [1.82, 2.24) is 14.5 Å². The Morgan fingerprint density at radius 1 is 1.08 bits per heavy atom. The predicted octanol–water partition coefficient (Wildman–Crippen LogP) is 1.74. The highest BCUT2D eigenvalue weighted by Crippen LogP contribution is 2.20. The van der Waals surface area contributed by atoms with Gasteiger partial charge in [0.2, 0.25) is 15.9 Å². The van der Waals surface area contributed by atoms with Crippen LogP contribution in [0, 0.1) is 0 Å². The van der Waals surface area contributed by atoms with Crippen molar-refractivity contribution in [2.24, 2.45) is 0 Å². The number of carbonyl (C=O) groups is 1. The summed E-state index contributed by atoms with van der Waals surface area (Å²) >= 11 is 5.82. The van der Waals surface area contributed by atoms with E-state index >= 15 is 0 Å². The van der Waals surface area contributed by atoms with Gasteiger partial charge in [-0.2, -0.15) is 4.31 Å². The lowest BCUT2D eigenvalue weighted by atomic mass is 10.0. The number of halogens is 2. The molecule has 2 heterocycles. The molecule has 1 atom stereocenters. The first-order chi connectivity index (χ1) is 11.5. The van der Waals surface area contributed by atoms with Gasteiger partial charge in [-0.1, -0.05) is 18.0 Å². The molecule has 2 aliphatic heterocycles. The van der Waals surface area contributed by atoms with Crippen molar-refractivity contribution in [2.45, 2.75) is 30.2 Å². The second-order valence-electron chi connectivity index (χ2n) is 6.19. The summed E-state index contributed by atoms with van der Waals surface area (Å²) in [4.78, 5) is 14.5. The number of benzene rings is 1. The van der Waals surface area contributed by atoms with Gasteiger partial charge in [0.1, 0.15) is 0 Å². The van der Waals surface area contributed by atoms with Crippen LogP contribution in [0.25, 0.3) is 0 Å². The Hall–Kier alpha value is -0.860. The molecule has 0 radical (unpaired) electrons. The SMILES string of the molecule is Cl.O=C(C1CCCCN1)N1CCN(S(=O)(=O)c2ccc(Cl)cc2)CC1. The minimum Gasteiger partial charge on any atom is -0.339 e. The maximum atomic E-state index is 12.6. The minimum absolute atomic E-state index is 0. The van der Waals surface area contributed by atoms with Crippen molar-refractivity contribution in [3.05, 3.63) is 29.3 Å². The topological polar surface area (TPSA) is 69.7 Å². The van der Waals surface area contributed by atoms with E-state index in [0.29, 0.717) is 31.2 Å². The fraction of sp³-hybridized carbons (Fsp3) is 0.562. The second-order valence-corrected chi connectivity index (χ2v) is 8.56. The molecule has 0 saturated carbocycles. The van der Waals surface area contributed by atoms with Gasteiger partial charge in [0.05, 0.1) is 10.9 Å². The minimum atomic E-state index is -3.53. The Balaban J connectivity index is 0.00000225. The smallest absolute Gasteiger partial charge is 0.243 e. The Labute approximate surface area is 160 Å². The summed E-state index contributed by atoms with van der Waals surface area (Å²) in [5.74, 6) is 0.0956. The number of hydrogen-bond acceptors (Lipinski definition) is 4. The van der Waals surface area contributed by atoms with Crippen molar-refractivity contribution < 1.29 is 13.2 Å². The summed E-state index contributed by atoms with van der Waals surface area (Å²) in [6, 6.07) is 6.06. The van der Waals surface area contributed by atoms with Crippen molar-refractivity contribution in [1.29, 1.82) is 0 Å². The van der Waals surface area contributed by atoms with Crippen LogP contribution in [-0.4, -0.2) is 62.3 Å². The van der Waals surface area contributed by atoms with Crippen LogP contribution in [0.5, 0.6) is 0 Å². The van der Waals surface area contributed by atoms with E-state index in [9.17, 15) is 13.2 Å². The molecule has 1 aromatic rings. The molecule has 1 unspecified atom stereocenters. The molecule has 2 fully saturated rings. The molecule has 1 N–H and O–H groups in total. The lowest BCUT2D eigenvalue weighted by Crippen LogP contribution is -2.55. The molecule has 2 aliphatic rings. The molecule has 25 heavy (non-hydrogen) atoms. The highest BCUT2D eigenvalue weighted by atomic mass is 35.5. The van der Waals surface area contributed by atoms with E-state index in [1.54, 1.807) is 17.0 Å². The lowest BCUT2D eigenvalue weighted by Gasteiger charge is -2.36. The first-order valence-electron chi connectivity index (χ1n) is 8.26. The van der Waals surface area contributed by atoms with Gasteiger partial charge in [-0.05, 0) is 43.7 Å². The molecule has 0 spiro atoms. The Morgan fingerprint density at radius 3 is 2.28 bits per heavy atom. The van der Waals surface area contributed by atoms with E-state index in [1.165, 1.54) is 16.4 Å². The van der Waals surface area contributed by atoms with Crippen LogP contribution in [0.15, 0.2) is 29.2 Å². The van der Waals surface area contributed by atoms with Gasteiger partial charge in [0.15, 0.2) is 0 Å². The van der Waals surface area contributed by atoms with Crippen molar-refractivity contribution in [2.75, 3.05) is 32.7 Å². The summed E-state index contributed by atoms with van der Waals surface area (Å²) in [6.45, 7) is 2.39. The molecule has 0 aromatic heterocycles. The zero-order chi connectivity index (χ0) is 17.2. The highest BCUT2D eigenvalue weighted by molar-refractivity contribution is 7.89. The standard InChI is InChI=1S/C16H22ClN3O3S.ClH/c17-13-4-6-14(7-5-13)24(22,23)20-11-9-19(10-12-20)16(21)15-3-1-2-8-18-15;/h4-7,15,18H,1-3,8-12H2;1H. The Morgan fingerprint density at radius 2 is 1.72 bits per heavy atom. The summed E-state index contributed by atoms with van der Waals surface area (Å²) < 4.78 is 26.7. The normalized spacial score (nSPS) is 22.3. The van der Waals surface area contributed by atoms with Crippen LogP contribution >= 0.6 is 24.0 Å². The number of rotatable bonds is 3. The fourth-order valence-electron chi connectivity index (χ4n) is 3.19. The molecular weight excluding hydrogens is 385 g/mol. The molecule has 2 saturated heterocycles. The van der Waals surface area contributed by atoms with Gasteiger partial charge >= 0.3 is 0 Å². The van der Waals surface area contributed by atoms with Gasteiger partial charge in [-0.15, -0.1) is 12.4 Å². The van der Waals surface area contributed by atoms with E-state index in [4.69, 9.17) is 11.6 Å². The molecule has 1 aromatic carbocycles. The number of carbonyl (C=O) groups excluding carboxylic acids is 1. The number of piperidine rings is 1. The van der Waals surface area contributed by atoms with E-state index in [2.05, 4.69) is 5.32 Å². The summed E-state index contributed by atoms with van der Waals surface area (Å²) in [5, 5.41) is 3.76. The number of amides is 1. The van der Waals surface area contributed by atoms with E-state index in [0.717, 1.165) is 25.8 Å². The molecule has 9 heteroatoms. The van der Waals surface area contributed by atoms with Crippen LogP contribution in [-0.2, 0) is 14.8 Å². The van der Waals surface area contributed by atoms with Crippen molar-refractivity contribution >= 4 is 39.9 Å². The van der Waals surface area contributed by atoms with Crippen molar-refractivity contribution in [3.63, 3.8) is 0 Å².